The molecule has 3 aromatic rings. The molecule has 1 aromatic carbocycles. The lowest BCUT2D eigenvalue weighted by molar-refractivity contribution is 0.0949. The molecule has 0 aliphatic heterocycles. The smallest absolute Gasteiger partial charge is 0.273 e. The van der Waals surface area contributed by atoms with Crippen LogP contribution in [-0.2, 0) is 6.42 Å². The molecule has 2 aromatic heterocycles. The molecule has 0 unspecified atom stereocenters. The van der Waals surface area contributed by atoms with Crippen molar-refractivity contribution in [3.8, 4) is 11.3 Å². The largest absolute Gasteiger partial charge is 0.443 e. The summed E-state index contributed by atoms with van der Waals surface area (Å²) in [4.78, 5) is 20.2. The maximum absolute atomic E-state index is 13.1. The summed E-state index contributed by atoms with van der Waals surface area (Å²) in [6, 6.07) is 9.13. The topological polar surface area (TPSA) is 68.0 Å². The second-order valence-corrected chi connectivity index (χ2v) is 5.77. The lowest BCUT2D eigenvalue weighted by Crippen LogP contribution is -2.25. The van der Waals surface area contributed by atoms with Crippen LogP contribution in [0.25, 0.3) is 11.3 Å². The minimum Gasteiger partial charge on any atom is -0.443 e. The van der Waals surface area contributed by atoms with Gasteiger partial charge < -0.3 is 9.73 Å². The number of hydrogen-bond acceptors (Lipinski definition) is 4. The minimum absolute atomic E-state index is 0.260. The van der Waals surface area contributed by atoms with Gasteiger partial charge in [-0.15, -0.1) is 0 Å². The summed E-state index contributed by atoms with van der Waals surface area (Å²) in [6.45, 7) is 6.45. The molecule has 0 atom stereocenters. The van der Waals surface area contributed by atoms with E-state index in [1.54, 1.807) is 6.20 Å². The Morgan fingerprint density at radius 1 is 1.19 bits per heavy atom. The fourth-order valence-corrected chi connectivity index (χ4v) is 2.49. The van der Waals surface area contributed by atoms with Crippen molar-refractivity contribution in [3.05, 3.63) is 71.8 Å². The maximum atomic E-state index is 13.1. The van der Waals surface area contributed by atoms with Crippen molar-refractivity contribution in [1.29, 1.82) is 0 Å². The number of aryl methyl sites for hydroxylation is 2. The van der Waals surface area contributed by atoms with Crippen LogP contribution in [-0.4, -0.2) is 22.4 Å². The molecule has 0 radical (unpaired) electrons. The Morgan fingerprint density at radius 2 is 1.93 bits per heavy atom. The number of oxazole rings is 1. The van der Waals surface area contributed by atoms with Crippen molar-refractivity contribution >= 4 is 5.91 Å². The molecule has 0 aliphatic rings. The van der Waals surface area contributed by atoms with Gasteiger partial charge in [0.25, 0.3) is 5.91 Å². The first-order chi connectivity index (χ1) is 13.1. The summed E-state index contributed by atoms with van der Waals surface area (Å²) in [7, 11) is 0. The van der Waals surface area contributed by atoms with Gasteiger partial charge in [0, 0.05) is 18.3 Å². The number of nitrogens with zero attached hydrogens (tertiary/aromatic N) is 2. The van der Waals surface area contributed by atoms with E-state index in [0.29, 0.717) is 25.1 Å². The number of carbonyl (C=O) groups is 1. The van der Waals surface area contributed by atoms with E-state index in [1.807, 2.05) is 45.0 Å². The molecule has 1 N–H and O–H groups in total. The SMILES string of the molecule is CC.Cc1ccc(-c2ocnc2C(=O)NCCCc2cncc(F)c2)cc1. The highest BCUT2D eigenvalue weighted by Gasteiger charge is 2.17. The molecule has 0 aliphatic carbocycles. The molecule has 3 rings (SSSR count). The number of pyridine rings is 1. The third-order valence-corrected chi connectivity index (χ3v) is 3.79. The number of amides is 1. The van der Waals surface area contributed by atoms with E-state index < -0.39 is 0 Å². The van der Waals surface area contributed by atoms with Crippen LogP contribution in [0, 0.1) is 12.7 Å². The monoisotopic (exact) mass is 369 g/mol. The lowest BCUT2D eigenvalue weighted by atomic mass is 10.1. The molecule has 1 amide bonds. The molecule has 5 nitrogen and oxygen atoms in total. The molecule has 2 heterocycles. The van der Waals surface area contributed by atoms with Gasteiger partial charge in [-0.3, -0.25) is 9.78 Å². The Balaban J connectivity index is 0.00000126. The Kier molecular flexibility index (Phi) is 7.67. The molecule has 0 fully saturated rings. The maximum Gasteiger partial charge on any atom is 0.273 e. The zero-order chi connectivity index (χ0) is 19.6. The highest BCUT2D eigenvalue weighted by atomic mass is 19.1. The summed E-state index contributed by atoms with van der Waals surface area (Å²) in [5, 5.41) is 2.82. The Bertz CT molecular complexity index is 860. The Morgan fingerprint density at radius 3 is 2.63 bits per heavy atom. The second-order valence-electron chi connectivity index (χ2n) is 5.77. The fourth-order valence-electron chi connectivity index (χ4n) is 2.49. The van der Waals surface area contributed by atoms with Gasteiger partial charge in [-0.25, -0.2) is 9.37 Å². The molecular formula is C21H24FN3O2. The van der Waals surface area contributed by atoms with Gasteiger partial charge in [-0.05, 0) is 31.4 Å². The second kappa shape index (κ2) is 10.2. The average molecular weight is 369 g/mol. The first kappa shape index (κ1) is 20.3. The van der Waals surface area contributed by atoms with Crippen molar-refractivity contribution in [3.63, 3.8) is 0 Å². The fraction of sp³-hybridized carbons (Fsp3) is 0.286. The van der Waals surface area contributed by atoms with Crippen molar-refractivity contribution in [2.24, 2.45) is 0 Å². The van der Waals surface area contributed by atoms with Gasteiger partial charge in [0.05, 0.1) is 6.20 Å². The standard InChI is InChI=1S/C19H18FN3O2.C2H6/c1-13-4-6-15(7-5-13)18-17(23-12-25-18)19(24)22-8-2-3-14-9-16(20)11-21-10-14;1-2/h4-7,9-12H,2-3,8H2,1H3,(H,22,24);1-2H3. The van der Waals surface area contributed by atoms with E-state index in [-0.39, 0.29) is 17.4 Å². The summed E-state index contributed by atoms with van der Waals surface area (Å²) < 4.78 is 18.4. The molecule has 0 spiro atoms. The predicted octanol–water partition coefficient (Wildman–Crippen LogP) is 4.57. The summed E-state index contributed by atoms with van der Waals surface area (Å²) in [5.41, 5.74) is 2.99. The Labute approximate surface area is 158 Å². The molecular weight excluding hydrogens is 345 g/mol. The van der Waals surface area contributed by atoms with Crippen LogP contribution in [0.15, 0.2) is 53.5 Å². The van der Waals surface area contributed by atoms with E-state index in [2.05, 4.69) is 15.3 Å². The van der Waals surface area contributed by atoms with E-state index in [1.165, 1.54) is 18.7 Å². The van der Waals surface area contributed by atoms with Crippen LogP contribution in [0.5, 0.6) is 0 Å². The van der Waals surface area contributed by atoms with Crippen LogP contribution in [0.3, 0.4) is 0 Å². The van der Waals surface area contributed by atoms with Gasteiger partial charge in [-0.2, -0.15) is 0 Å². The van der Waals surface area contributed by atoms with E-state index in [0.717, 1.165) is 16.7 Å². The van der Waals surface area contributed by atoms with E-state index in [9.17, 15) is 9.18 Å². The number of rotatable bonds is 6. The third-order valence-electron chi connectivity index (χ3n) is 3.79. The predicted molar refractivity (Wildman–Crippen MR) is 103 cm³/mol. The van der Waals surface area contributed by atoms with Crippen molar-refractivity contribution in [2.45, 2.75) is 33.6 Å². The first-order valence-corrected chi connectivity index (χ1v) is 9.01. The number of halogens is 1. The zero-order valence-electron chi connectivity index (χ0n) is 15.8. The number of hydrogen-bond donors (Lipinski definition) is 1. The normalized spacial score (nSPS) is 10.1. The Hall–Kier alpha value is -3.02. The molecule has 27 heavy (non-hydrogen) atoms. The molecule has 142 valence electrons. The van der Waals surface area contributed by atoms with Crippen molar-refractivity contribution in [2.75, 3.05) is 6.54 Å². The van der Waals surface area contributed by atoms with Crippen LogP contribution in [0.2, 0.25) is 0 Å². The van der Waals surface area contributed by atoms with Crippen LogP contribution in [0.1, 0.15) is 41.9 Å². The summed E-state index contributed by atoms with van der Waals surface area (Å²) in [5.74, 6) is -0.194. The van der Waals surface area contributed by atoms with Gasteiger partial charge in [-0.1, -0.05) is 43.7 Å². The van der Waals surface area contributed by atoms with Gasteiger partial charge in [0.1, 0.15) is 5.82 Å². The van der Waals surface area contributed by atoms with E-state index in [4.69, 9.17) is 4.42 Å². The van der Waals surface area contributed by atoms with Crippen LogP contribution in [0.4, 0.5) is 4.39 Å². The highest BCUT2D eigenvalue weighted by Crippen LogP contribution is 2.23. The molecule has 6 heteroatoms. The summed E-state index contributed by atoms with van der Waals surface area (Å²) >= 11 is 0. The minimum atomic E-state index is -0.355. The third kappa shape index (κ3) is 5.74. The van der Waals surface area contributed by atoms with Crippen LogP contribution < -0.4 is 5.32 Å². The van der Waals surface area contributed by atoms with Gasteiger partial charge in [0.15, 0.2) is 17.8 Å². The van der Waals surface area contributed by atoms with Crippen LogP contribution >= 0.6 is 0 Å². The number of benzene rings is 1. The number of carbonyl (C=O) groups excluding carboxylic acids is 1. The molecule has 0 saturated heterocycles. The quantitative estimate of drug-likeness (QED) is 0.646. The van der Waals surface area contributed by atoms with Gasteiger partial charge in [0.2, 0.25) is 0 Å². The highest BCUT2D eigenvalue weighted by molar-refractivity contribution is 5.97. The van der Waals surface area contributed by atoms with E-state index >= 15 is 0 Å². The number of nitrogens with one attached hydrogen (secondary N) is 1. The molecule has 0 saturated carbocycles. The lowest BCUT2D eigenvalue weighted by Gasteiger charge is -2.05. The number of aromatic nitrogens is 2. The summed E-state index contributed by atoms with van der Waals surface area (Å²) in [6.07, 6.45) is 5.37. The van der Waals surface area contributed by atoms with Crippen molar-refractivity contribution < 1.29 is 13.6 Å². The first-order valence-electron chi connectivity index (χ1n) is 9.01. The van der Waals surface area contributed by atoms with Gasteiger partial charge >= 0.3 is 0 Å². The average Bonchev–Trinajstić information content (AvgIpc) is 3.17. The zero-order valence-corrected chi connectivity index (χ0v) is 15.8. The van der Waals surface area contributed by atoms with Crippen molar-refractivity contribution in [1.82, 2.24) is 15.3 Å². The molecule has 0 bridgehead atoms.